The predicted molar refractivity (Wildman–Crippen MR) is 126 cm³/mol. The normalized spacial score (nSPS) is 17.2. The van der Waals surface area contributed by atoms with Crippen LogP contribution in [0, 0.1) is 0 Å². The molecule has 0 rings (SSSR count). The van der Waals surface area contributed by atoms with E-state index in [2.05, 4.69) is 68.9 Å². The van der Waals surface area contributed by atoms with Gasteiger partial charge in [-0.1, -0.05) is 84.7 Å². The molecule has 0 aromatic rings. The van der Waals surface area contributed by atoms with Crippen LogP contribution in [-0.2, 0) is 8.85 Å². The zero-order chi connectivity index (χ0) is 20.6. The summed E-state index contributed by atoms with van der Waals surface area (Å²) in [5.41, 5.74) is 8.26. The van der Waals surface area contributed by atoms with Gasteiger partial charge < -0.3 is 14.6 Å². The van der Waals surface area contributed by atoms with E-state index in [1.165, 1.54) is 36.3 Å². The molecule has 0 aliphatic heterocycles. The Kier molecular flexibility index (Phi) is 11.1. The molecular formula is C20H49NO2Si3. The third kappa shape index (κ3) is 4.25. The summed E-state index contributed by atoms with van der Waals surface area (Å²) in [7, 11) is -5.83. The van der Waals surface area contributed by atoms with Gasteiger partial charge in [0.15, 0.2) is 0 Å². The van der Waals surface area contributed by atoms with Crippen molar-refractivity contribution in [3.05, 3.63) is 0 Å². The van der Waals surface area contributed by atoms with E-state index in [-0.39, 0.29) is 4.79 Å². The minimum Gasteiger partial charge on any atom is -0.394 e. The van der Waals surface area contributed by atoms with Crippen LogP contribution in [0.5, 0.6) is 0 Å². The molecule has 0 aliphatic rings. The lowest BCUT2D eigenvalue weighted by Gasteiger charge is -2.60. The molecule has 0 aromatic carbocycles. The second-order valence-electron chi connectivity index (χ2n) is 8.17. The highest BCUT2D eigenvalue weighted by Gasteiger charge is 2.67. The summed E-state index contributed by atoms with van der Waals surface area (Å²) in [6, 6.07) is 7.61. The van der Waals surface area contributed by atoms with Crippen LogP contribution >= 0.6 is 0 Å². The maximum Gasteiger partial charge on any atom is 0.352 e. The van der Waals surface area contributed by atoms with E-state index in [1.54, 1.807) is 0 Å². The van der Waals surface area contributed by atoms with Crippen molar-refractivity contribution in [2.75, 3.05) is 13.2 Å². The maximum atomic E-state index is 7.72. The molecule has 0 spiro atoms. The number of nitrogens with two attached hydrogens (primary N) is 1. The molecule has 158 valence electrons. The Labute approximate surface area is 168 Å². The Morgan fingerprint density at radius 3 is 1.31 bits per heavy atom. The van der Waals surface area contributed by atoms with Crippen molar-refractivity contribution in [2.45, 2.75) is 115 Å². The molecule has 0 bridgehead atoms. The van der Waals surface area contributed by atoms with Crippen LogP contribution in [-0.4, -0.2) is 42.7 Å². The van der Waals surface area contributed by atoms with Gasteiger partial charge in [0.25, 0.3) is 0 Å². The van der Waals surface area contributed by atoms with Crippen molar-refractivity contribution in [2.24, 2.45) is 5.73 Å². The second-order valence-corrected chi connectivity index (χ2v) is 23.2. The van der Waals surface area contributed by atoms with Crippen molar-refractivity contribution < 1.29 is 8.85 Å². The quantitative estimate of drug-likeness (QED) is 0.335. The third-order valence-electron chi connectivity index (χ3n) is 8.21. The molecule has 0 fully saturated rings. The Morgan fingerprint density at radius 2 is 1.08 bits per heavy atom. The van der Waals surface area contributed by atoms with Gasteiger partial charge in [-0.05, 0) is 25.9 Å². The van der Waals surface area contributed by atoms with E-state index in [4.69, 9.17) is 14.6 Å². The molecule has 26 heavy (non-hydrogen) atoms. The van der Waals surface area contributed by atoms with Crippen LogP contribution in [0.25, 0.3) is 0 Å². The molecule has 2 N–H and O–H groups in total. The minimum atomic E-state index is -2.55. The van der Waals surface area contributed by atoms with E-state index in [0.29, 0.717) is 18.8 Å². The molecule has 0 saturated carbocycles. The van der Waals surface area contributed by atoms with Gasteiger partial charge in [-0.15, -0.1) is 0 Å². The monoisotopic (exact) mass is 419 g/mol. The van der Waals surface area contributed by atoms with Crippen molar-refractivity contribution in [3.8, 4) is 0 Å². The van der Waals surface area contributed by atoms with E-state index in [9.17, 15) is 0 Å². The van der Waals surface area contributed by atoms with Crippen LogP contribution < -0.4 is 5.73 Å². The van der Waals surface area contributed by atoms with Crippen LogP contribution in [0.15, 0.2) is 0 Å². The first-order valence-electron chi connectivity index (χ1n) is 11.2. The molecule has 2 unspecified atom stereocenters. The molecule has 0 aliphatic carbocycles. The summed E-state index contributed by atoms with van der Waals surface area (Å²) in [4.78, 5) is -0.238. The van der Waals surface area contributed by atoms with Gasteiger partial charge in [0.2, 0.25) is 0 Å². The summed E-state index contributed by atoms with van der Waals surface area (Å²) in [5, 5.41) is 0. The summed E-state index contributed by atoms with van der Waals surface area (Å²) >= 11 is 0. The third-order valence-corrected chi connectivity index (χ3v) is 28.1. The molecule has 3 nitrogen and oxygen atoms in total. The van der Waals surface area contributed by atoms with Crippen molar-refractivity contribution >= 4 is 24.7 Å². The van der Waals surface area contributed by atoms with Crippen LogP contribution in [0.3, 0.4) is 0 Å². The topological polar surface area (TPSA) is 44.5 Å². The van der Waals surface area contributed by atoms with Crippen LogP contribution in [0.1, 0.15) is 62.3 Å². The van der Waals surface area contributed by atoms with E-state index < -0.39 is 24.7 Å². The molecule has 2 atom stereocenters. The van der Waals surface area contributed by atoms with Gasteiger partial charge in [-0.3, -0.25) is 0 Å². The highest BCUT2D eigenvalue weighted by molar-refractivity contribution is 6.99. The molecule has 6 heteroatoms. The number of hydrogen-bond donors (Lipinski definition) is 1. The lowest BCUT2D eigenvalue weighted by Crippen LogP contribution is -2.82. The molecule has 0 aromatic heterocycles. The van der Waals surface area contributed by atoms with Gasteiger partial charge in [-0.2, -0.15) is 0 Å². The Morgan fingerprint density at radius 1 is 0.731 bits per heavy atom. The maximum absolute atomic E-state index is 7.72. The molecule has 0 heterocycles. The molecule has 0 amide bonds. The fourth-order valence-electron chi connectivity index (χ4n) is 5.94. The summed E-state index contributed by atoms with van der Waals surface area (Å²) in [5.74, 6) is 0. The van der Waals surface area contributed by atoms with Crippen molar-refractivity contribution in [1.29, 1.82) is 0 Å². The molecule has 0 radical (unpaired) electrons. The van der Waals surface area contributed by atoms with Gasteiger partial charge >= 0.3 is 8.56 Å². The molecular weight excluding hydrogens is 370 g/mol. The van der Waals surface area contributed by atoms with E-state index in [1.807, 2.05) is 0 Å². The van der Waals surface area contributed by atoms with Gasteiger partial charge in [0, 0.05) is 13.2 Å². The van der Waals surface area contributed by atoms with Crippen molar-refractivity contribution in [1.82, 2.24) is 0 Å². The van der Waals surface area contributed by atoms with E-state index >= 15 is 0 Å². The van der Waals surface area contributed by atoms with Crippen LogP contribution in [0.4, 0.5) is 0 Å². The fourth-order valence-corrected chi connectivity index (χ4v) is 26.3. The first kappa shape index (κ1) is 26.5. The lowest BCUT2D eigenvalue weighted by molar-refractivity contribution is 0.170. The van der Waals surface area contributed by atoms with Gasteiger partial charge in [0.05, 0.1) is 20.9 Å². The summed E-state index contributed by atoms with van der Waals surface area (Å²) in [6.07, 6.45) is 0. The predicted octanol–water partition coefficient (Wildman–Crippen LogP) is 6.31. The van der Waals surface area contributed by atoms with E-state index in [0.717, 1.165) is 0 Å². The summed E-state index contributed by atoms with van der Waals surface area (Å²) < 4.78 is 13.1. The van der Waals surface area contributed by atoms with Crippen molar-refractivity contribution in [3.63, 3.8) is 0 Å². The second kappa shape index (κ2) is 10.9. The zero-order valence-electron chi connectivity index (χ0n) is 19.6. The average Bonchev–Trinajstić information content (AvgIpc) is 2.65. The van der Waals surface area contributed by atoms with Crippen LogP contribution in [0.2, 0.25) is 48.4 Å². The average molecular weight is 420 g/mol. The highest BCUT2D eigenvalue weighted by atomic mass is 28.4. The fraction of sp³-hybridized carbons (Fsp3) is 1.00. The highest BCUT2D eigenvalue weighted by Crippen LogP contribution is 2.51. The minimum absolute atomic E-state index is 0.238. The lowest BCUT2D eigenvalue weighted by atomic mass is 10.4. The standard InChI is InChI=1S/C20H49NO2Si3/c1-11-22-24(10,23-12-2)20(21,26(16-6,17-7)18-8)19(9)25(13-3,14-4)15-5/h19H,11-18,21H2,1-10H3. The number of rotatable bonds is 14. The van der Waals surface area contributed by atoms with Gasteiger partial charge in [0.1, 0.15) is 0 Å². The smallest absolute Gasteiger partial charge is 0.352 e. The Balaban J connectivity index is 6.80. The first-order chi connectivity index (χ1) is 12.1. The first-order valence-corrected chi connectivity index (χ1v) is 18.8. The zero-order valence-corrected chi connectivity index (χ0v) is 22.6. The SMILES string of the molecule is CCO[Si](C)(OCC)C(N)(C(C)[Si](CC)(CC)CC)[Si](CC)(CC)CC. The Bertz CT molecular complexity index is 378. The number of hydrogen-bond acceptors (Lipinski definition) is 3. The largest absolute Gasteiger partial charge is 0.394 e. The Hall–Kier alpha value is 0.531. The van der Waals surface area contributed by atoms with Gasteiger partial charge in [-0.25, -0.2) is 0 Å². The summed E-state index contributed by atoms with van der Waals surface area (Å²) in [6.45, 7) is 24.8. The molecule has 0 saturated heterocycles.